The minimum Gasteiger partial charge on any atom is -0.497 e. The van der Waals surface area contributed by atoms with Gasteiger partial charge in [0.1, 0.15) is 58.3 Å². The second kappa shape index (κ2) is 18.6. The summed E-state index contributed by atoms with van der Waals surface area (Å²) < 4.78 is 170. The molecule has 74 heavy (non-hydrogen) atoms. The molecule has 2 aromatic carbocycles. The molecular weight excluding hydrogens is 992 g/mol. The number of aromatic nitrogens is 3. The highest BCUT2D eigenvalue weighted by Gasteiger charge is 2.62. The van der Waals surface area contributed by atoms with Gasteiger partial charge in [-0.05, 0) is 75.6 Å². The van der Waals surface area contributed by atoms with E-state index in [0.29, 0.717) is 22.6 Å². The van der Waals surface area contributed by atoms with E-state index in [9.17, 15) is 13.6 Å². The smallest absolute Gasteiger partial charge is 0.457 e. The molecule has 394 valence electrons. The average Bonchev–Trinajstić information content (AvgIpc) is 3.89. The van der Waals surface area contributed by atoms with Gasteiger partial charge in [0.25, 0.3) is 0 Å². The van der Waals surface area contributed by atoms with Crippen molar-refractivity contribution in [2.75, 3.05) is 45.4 Å². The zero-order valence-electron chi connectivity index (χ0n) is 40.9. The van der Waals surface area contributed by atoms with Crippen molar-refractivity contribution in [3.63, 3.8) is 0 Å². The number of alkyl halides is 8. The molecule has 6 atom stereocenters. The van der Waals surface area contributed by atoms with E-state index < -0.39 is 124 Å². The Labute approximate surface area is 419 Å². The maximum atomic E-state index is 18.0. The van der Waals surface area contributed by atoms with E-state index in [4.69, 9.17) is 23.7 Å². The first kappa shape index (κ1) is 50.9. The predicted molar refractivity (Wildman–Crippen MR) is 252 cm³/mol. The first-order chi connectivity index (χ1) is 34.9. The Kier molecular flexibility index (Phi) is 12.8. The molecule has 4 saturated heterocycles. The number of methoxy groups -OCH3 is 2. The number of aliphatic imine (C=N–C) groups is 1. The lowest BCUT2D eigenvalue weighted by molar-refractivity contribution is -0.206. The number of halogens is 9. The number of dihydropyridines is 1. The third-order valence-electron chi connectivity index (χ3n) is 14.4. The Morgan fingerprint density at radius 2 is 1.49 bits per heavy atom. The summed E-state index contributed by atoms with van der Waals surface area (Å²) in [6, 6.07) is 9.21. The monoisotopic (exact) mass is 1040 g/mol. The highest BCUT2D eigenvalue weighted by molar-refractivity contribution is 6.07. The molecule has 0 saturated carbocycles. The fraction of sp³-hybridized carbons (Fsp3) is 0.490. The zero-order valence-corrected chi connectivity index (χ0v) is 40.9. The van der Waals surface area contributed by atoms with E-state index in [1.807, 2.05) is 0 Å². The van der Waals surface area contributed by atoms with Crippen molar-refractivity contribution < 1.29 is 68.0 Å². The van der Waals surface area contributed by atoms with Crippen LogP contribution < -0.4 is 23.8 Å². The van der Waals surface area contributed by atoms with Crippen LogP contribution in [-0.2, 0) is 17.8 Å². The standard InChI is InChI=1S/C51H52F9N8O6/c1-26-38(50(55,56)57)34(17-36(61-26)65(20-27-7-12-32(70-5)13-8-27)21-28-9-14-33(71-6)15-10-28)40-39(54)41-37-44(64-46(63-41)72-25-49-18-29(52)22-66(49)23-30(53)19-49)67-24-31-11-16-35(68(31)47(69)74-48(2,3)4)42(67)43(51(58,59)60)73-45(37)62-40/h7-10,12-15,17,29-31,35,42-43H,1,11,16,18-25H2,2-6H3/q+1/t29-,30-,31-,35+,42+,43-/m1/s1. The number of carbonyl (C=O) groups excluding carboxylic acids is 1. The molecule has 0 spiro atoms. The maximum Gasteiger partial charge on any atom is 0.457 e. The fourth-order valence-electron chi connectivity index (χ4n) is 11.3. The van der Waals surface area contributed by atoms with Crippen molar-refractivity contribution in [1.29, 1.82) is 0 Å². The van der Waals surface area contributed by atoms with Gasteiger partial charge in [-0.3, -0.25) is 9.80 Å². The Morgan fingerprint density at radius 3 is 2.04 bits per heavy atom. The summed E-state index contributed by atoms with van der Waals surface area (Å²) in [5, 5.41) is -0.520. The second-order valence-electron chi connectivity index (χ2n) is 20.5. The second-order valence-corrected chi connectivity index (χ2v) is 20.5. The Hall–Kier alpha value is -6.65. The van der Waals surface area contributed by atoms with Crippen LogP contribution in [0.3, 0.4) is 0 Å². The number of benzene rings is 2. The number of rotatable bonds is 10. The van der Waals surface area contributed by atoms with Crippen LogP contribution >= 0.6 is 0 Å². The summed E-state index contributed by atoms with van der Waals surface area (Å²) in [6.07, 6.45) is -16.0. The van der Waals surface area contributed by atoms with E-state index >= 15 is 30.7 Å². The van der Waals surface area contributed by atoms with Crippen LogP contribution in [-0.4, -0.2) is 142 Å². The fourth-order valence-corrected chi connectivity index (χ4v) is 11.3. The van der Waals surface area contributed by atoms with Crippen LogP contribution in [0.15, 0.2) is 71.9 Å². The number of hydrogen-bond acceptors (Lipinski definition) is 13. The maximum absolute atomic E-state index is 18.0. The van der Waals surface area contributed by atoms with Crippen LogP contribution in [0.4, 0.5) is 50.1 Å². The minimum atomic E-state index is -5.30. The SMILES string of the molecule is C=C1N=C(N(Cc2ccc(OC)cc2)Cc2ccc(OC)cc2)C=C(c2nc3c4c(nc(OCC56C[C@@H](F)CN5C[C@H](F)C6)nc4c2F)N2C[C@H]4CC[C@@H]([C@H]2[C@H](C(F)(F)F)O3)N4C(=O)OC(C)(C)C)[C+]1C(F)(F)F. The number of anilines is 1. The van der Waals surface area contributed by atoms with Gasteiger partial charge in [0.05, 0.1) is 44.0 Å². The van der Waals surface area contributed by atoms with Crippen LogP contribution in [0.5, 0.6) is 23.4 Å². The number of hydrogen-bond donors (Lipinski definition) is 0. The number of piperazine rings is 1. The van der Waals surface area contributed by atoms with Crippen molar-refractivity contribution >= 4 is 34.2 Å². The highest BCUT2D eigenvalue weighted by atomic mass is 19.4. The lowest BCUT2D eigenvalue weighted by Crippen LogP contribution is -2.68. The van der Waals surface area contributed by atoms with Crippen LogP contribution in [0.1, 0.15) is 63.3 Å². The van der Waals surface area contributed by atoms with Crippen LogP contribution in [0, 0.1) is 11.7 Å². The number of nitrogens with zero attached hydrogens (tertiary/aromatic N) is 8. The summed E-state index contributed by atoms with van der Waals surface area (Å²) >= 11 is 0. The molecule has 1 amide bonds. The number of amidine groups is 1. The zero-order chi connectivity index (χ0) is 52.8. The molecule has 6 aliphatic heterocycles. The van der Waals surface area contributed by atoms with E-state index in [-0.39, 0.29) is 70.1 Å². The molecule has 2 aromatic heterocycles. The van der Waals surface area contributed by atoms with Gasteiger partial charge in [0.2, 0.25) is 17.8 Å². The van der Waals surface area contributed by atoms with Crippen molar-refractivity contribution in [3.8, 4) is 23.4 Å². The lowest BCUT2D eigenvalue weighted by Gasteiger charge is -2.48. The van der Waals surface area contributed by atoms with Gasteiger partial charge in [-0.2, -0.15) is 45.7 Å². The van der Waals surface area contributed by atoms with Crippen molar-refractivity contribution in [2.24, 2.45) is 4.99 Å². The Bertz CT molecular complexity index is 2830. The number of allylic oxidation sites excluding steroid dienone is 1. The van der Waals surface area contributed by atoms with Crippen molar-refractivity contribution in [3.05, 3.63) is 95.4 Å². The number of ether oxygens (including phenoxy) is 5. The molecule has 4 aromatic rings. The molecule has 0 aliphatic carbocycles. The molecule has 6 aliphatic rings. The summed E-state index contributed by atoms with van der Waals surface area (Å²) in [5.74, 6) is -3.49. The van der Waals surface area contributed by atoms with Gasteiger partial charge in [0, 0.05) is 45.6 Å². The number of amides is 1. The molecule has 23 heteroatoms. The molecule has 14 nitrogen and oxygen atoms in total. The lowest BCUT2D eigenvalue weighted by atomic mass is 9.89. The minimum absolute atomic E-state index is 0.0186. The van der Waals surface area contributed by atoms with Crippen LogP contribution in [0.2, 0.25) is 0 Å². The molecule has 8 heterocycles. The van der Waals surface area contributed by atoms with E-state index in [1.54, 1.807) is 79.1 Å². The quantitative estimate of drug-likeness (QED) is 0.111. The van der Waals surface area contributed by atoms with E-state index in [2.05, 4.69) is 26.5 Å². The molecule has 4 fully saturated rings. The van der Waals surface area contributed by atoms with Gasteiger partial charge in [-0.1, -0.05) is 24.3 Å². The van der Waals surface area contributed by atoms with Crippen molar-refractivity contribution in [2.45, 2.75) is 120 Å². The first-order valence-corrected chi connectivity index (χ1v) is 24.0. The average molecular weight is 1040 g/mol. The first-order valence-electron chi connectivity index (χ1n) is 24.0. The van der Waals surface area contributed by atoms with Crippen molar-refractivity contribution in [1.82, 2.24) is 29.7 Å². The molecule has 2 bridgehead atoms. The summed E-state index contributed by atoms with van der Waals surface area (Å²) in [7, 11) is 2.97. The van der Waals surface area contributed by atoms with Gasteiger partial charge < -0.3 is 33.5 Å². The number of pyridine rings is 1. The Balaban J connectivity index is 1.15. The molecule has 0 radical (unpaired) electrons. The van der Waals surface area contributed by atoms with Crippen LogP contribution in [0.25, 0.3) is 16.5 Å². The summed E-state index contributed by atoms with van der Waals surface area (Å²) in [6.45, 7) is 7.57. The number of carbonyl (C=O) groups is 1. The largest absolute Gasteiger partial charge is 0.497 e. The highest BCUT2D eigenvalue weighted by Crippen LogP contribution is 2.52. The summed E-state index contributed by atoms with van der Waals surface area (Å²) in [5.41, 5.74) is -4.67. The third-order valence-corrected chi connectivity index (χ3v) is 14.4. The normalized spacial score (nSPS) is 24.5. The van der Waals surface area contributed by atoms with Gasteiger partial charge >= 0.3 is 24.5 Å². The molecule has 0 unspecified atom stereocenters. The topological polar surface area (TPSA) is 127 Å². The predicted octanol–water partition coefficient (Wildman–Crippen LogP) is 9.51. The molecule has 10 rings (SSSR count). The van der Waals surface area contributed by atoms with Gasteiger partial charge in [-0.25, -0.2) is 18.6 Å². The Morgan fingerprint density at radius 1 is 0.878 bits per heavy atom. The van der Waals surface area contributed by atoms with E-state index in [0.717, 1.165) is 6.08 Å². The third kappa shape index (κ3) is 9.44. The molecular formula is C51H52F9N8O6+. The van der Waals surface area contributed by atoms with Gasteiger partial charge in [0.15, 0.2) is 23.1 Å². The van der Waals surface area contributed by atoms with Gasteiger partial charge in [-0.15, -0.1) is 0 Å². The number of fused-ring (bicyclic) bond motifs is 6. The summed E-state index contributed by atoms with van der Waals surface area (Å²) in [4.78, 5) is 36.9. The van der Waals surface area contributed by atoms with E-state index in [1.165, 1.54) is 24.0 Å². The molecule has 0 N–H and O–H groups in total.